The van der Waals surface area contributed by atoms with Crippen molar-refractivity contribution in [1.29, 1.82) is 0 Å². The number of piperidine rings is 1. The Balaban J connectivity index is 1.68. The van der Waals surface area contributed by atoms with Gasteiger partial charge in [0.05, 0.1) is 0 Å². The molecular weight excluding hydrogens is 244 g/mol. The zero-order chi connectivity index (χ0) is 14.3. The van der Waals surface area contributed by atoms with E-state index in [1.54, 1.807) is 0 Å². The summed E-state index contributed by atoms with van der Waals surface area (Å²) in [6.07, 6.45) is 14.2. The van der Waals surface area contributed by atoms with Crippen molar-refractivity contribution in [2.75, 3.05) is 19.6 Å². The van der Waals surface area contributed by atoms with Crippen molar-refractivity contribution in [2.45, 2.75) is 83.6 Å². The molecule has 1 atom stereocenters. The van der Waals surface area contributed by atoms with Crippen LogP contribution in [0.25, 0.3) is 0 Å². The van der Waals surface area contributed by atoms with E-state index in [0.717, 1.165) is 12.0 Å². The van der Waals surface area contributed by atoms with E-state index in [2.05, 4.69) is 18.7 Å². The van der Waals surface area contributed by atoms with E-state index in [9.17, 15) is 0 Å². The molecule has 2 saturated carbocycles. The lowest BCUT2D eigenvalue weighted by Gasteiger charge is -2.54. The number of hydrogen-bond acceptors (Lipinski definition) is 2. The van der Waals surface area contributed by atoms with E-state index in [4.69, 9.17) is 5.73 Å². The molecule has 2 nitrogen and oxygen atoms in total. The third-order valence-electron chi connectivity index (χ3n) is 6.84. The Labute approximate surface area is 125 Å². The highest BCUT2D eigenvalue weighted by Gasteiger charge is 2.46. The Morgan fingerprint density at radius 3 is 2.05 bits per heavy atom. The van der Waals surface area contributed by atoms with Crippen LogP contribution in [0.15, 0.2) is 0 Å². The van der Waals surface area contributed by atoms with Crippen LogP contribution in [-0.2, 0) is 0 Å². The Bertz CT molecular complexity index is 333. The van der Waals surface area contributed by atoms with Gasteiger partial charge in [-0.15, -0.1) is 0 Å². The first-order chi connectivity index (χ1) is 9.49. The van der Waals surface area contributed by atoms with Crippen molar-refractivity contribution in [3.63, 3.8) is 0 Å². The van der Waals surface area contributed by atoms with Gasteiger partial charge in [-0.1, -0.05) is 33.1 Å². The first kappa shape index (κ1) is 14.8. The summed E-state index contributed by atoms with van der Waals surface area (Å²) >= 11 is 0. The van der Waals surface area contributed by atoms with Crippen LogP contribution in [0.1, 0.15) is 78.1 Å². The zero-order valence-electron chi connectivity index (χ0n) is 13.7. The minimum atomic E-state index is 0.321. The minimum absolute atomic E-state index is 0.321. The molecule has 3 rings (SSSR count). The van der Waals surface area contributed by atoms with Gasteiger partial charge in [0, 0.05) is 12.1 Å². The molecule has 0 radical (unpaired) electrons. The number of hydrogen-bond donors (Lipinski definition) is 1. The Kier molecular flexibility index (Phi) is 3.92. The number of nitrogens with two attached hydrogens (primary N) is 1. The van der Waals surface area contributed by atoms with Crippen LogP contribution in [0.2, 0.25) is 0 Å². The fourth-order valence-corrected chi connectivity index (χ4v) is 5.62. The van der Waals surface area contributed by atoms with Gasteiger partial charge in [0.2, 0.25) is 0 Å². The molecule has 1 heterocycles. The standard InChI is InChI=1S/C18H34N2/c1-16(2)6-5-9-18(14-16,15-19)20-12-10-17(11-13-20)7-3-4-8-17/h3-15,19H2,1-2H3. The predicted molar refractivity (Wildman–Crippen MR) is 85.7 cm³/mol. The Hall–Kier alpha value is -0.0800. The molecule has 1 aliphatic heterocycles. The van der Waals surface area contributed by atoms with Crippen LogP contribution < -0.4 is 5.73 Å². The lowest BCUT2D eigenvalue weighted by Crippen LogP contribution is -2.60. The fraction of sp³-hybridized carbons (Fsp3) is 1.00. The van der Waals surface area contributed by atoms with Crippen LogP contribution in [0.5, 0.6) is 0 Å². The number of nitrogens with zero attached hydrogens (tertiary/aromatic N) is 1. The lowest BCUT2D eigenvalue weighted by molar-refractivity contribution is -0.0277. The van der Waals surface area contributed by atoms with Gasteiger partial charge >= 0.3 is 0 Å². The monoisotopic (exact) mass is 278 g/mol. The van der Waals surface area contributed by atoms with E-state index >= 15 is 0 Å². The summed E-state index contributed by atoms with van der Waals surface area (Å²) in [5, 5.41) is 0. The maximum atomic E-state index is 6.29. The molecule has 1 unspecified atom stereocenters. The Morgan fingerprint density at radius 2 is 1.50 bits per heavy atom. The molecule has 0 amide bonds. The second-order valence-electron chi connectivity index (χ2n) is 8.82. The van der Waals surface area contributed by atoms with E-state index in [1.165, 1.54) is 77.3 Å². The highest BCUT2D eigenvalue weighted by Crippen LogP contribution is 2.50. The van der Waals surface area contributed by atoms with Crippen LogP contribution in [0, 0.1) is 10.8 Å². The molecule has 116 valence electrons. The molecule has 3 fully saturated rings. The summed E-state index contributed by atoms with van der Waals surface area (Å²) in [5.41, 5.74) is 7.83. The quantitative estimate of drug-likeness (QED) is 0.829. The number of rotatable bonds is 2. The van der Waals surface area contributed by atoms with E-state index in [1.807, 2.05) is 0 Å². The molecule has 2 aliphatic carbocycles. The maximum Gasteiger partial charge on any atom is 0.0336 e. The van der Waals surface area contributed by atoms with Gasteiger partial charge in [-0.2, -0.15) is 0 Å². The third kappa shape index (κ3) is 2.66. The van der Waals surface area contributed by atoms with Gasteiger partial charge in [-0.25, -0.2) is 0 Å². The fourth-order valence-electron chi connectivity index (χ4n) is 5.62. The molecular formula is C18H34N2. The van der Waals surface area contributed by atoms with Gasteiger partial charge < -0.3 is 5.73 Å². The second kappa shape index (κ2) is 5.28. The van der Waals surface area contributed by atoms with Crippen molar-refractivity contribution in [2.24, 2.45) is 16.6 Å². The normalized spacial score (nSPS) is 37.4. The van der Waals surface area contributed by atoms with Crippen LogP contribution in [0.3, 0.4) is 0 Å². The van der Waals surface area contributed by atoms with Crippen molar-refractivity contribution in [3.05, 3.63) is 0 Å². The molecule has 0 aromatic rings. The summed E-state index contributed by atoms with van der Waals surface area (Å²) in [6, 6.07) is 0. The number of likely N-dealkylation sites (tertiary alicyclic amines) is 1. The van der Waals surface area contributed by atoms with E-state index in [-0.39, 0.29) is 0 Å². The smallest absolute Gasteiger partial charge is 0.0336 e. The van der Waals surface area contributed by atoms with Gasteiger partial charge in [-0.05, 0) is 68.9 Å². The maximum absolute atomic E-state index is 6.29. The molecule has 1 saturated heterocycles. The molecule has 1 spiro atoms. The highest BCUT2D eigenvalue weighted by atomic mass is 15.2. The second-order valence-corrected chi connectivity index (χ2v) is 8.82. The molecule has 0 bridgehead atoms. The predicted octanol–water partition coefficient (Wildman–Crippen LogP) is 3.94. The van der Waals surface area contributed by atoms with Gasteiger partial charge in [-0.3, -0.25) is 4.90 Å². The van der Waals surface area contributed by atoms with Crippen molar-refractivity contribution in [3.8, 4) is 0 Å². The highest BCUT2D eigenvalue weighted by molar-refractivity contribution is 5.02. The van der Waals surface area contributed by atoms with Gasteiger partial charge in [0.25, 0.3) is 0 Å². The average Bonchev–Trinajstić information content (AvgIpc) is 2.86. The van der Waals surface area contributed by atoms with Gasteiger partial charge in [0.15, 0.2) is 0 Å². The first-order valence-corrected chi connectivity index (χ1v) is 8.95. The average molecular weight is 278 g/mol. The largest absolute Gasteiger partial charge is 0.329 e. The SMILES string of the molecule is CC1(C)CCCC(CN)(N2CCC3(CCCC3)CC2)C1. The summed E-state index contributed by atoms with van der Waals surface area (Å²) in [5.74, 6) is 0. The summed E-state index contributed by atoms with van der Waals surface area (Å²) in [4.78, 5) is 2.80. The topological polar surface area (TPSA) is 29.3 Å². The molecule has 3 aliphatic rings. The minimum Gasteiger partial charge on any atom is -0.329 e. The molecule has 0 aromatic heterocycles. The van der Waals surface area contributed by atoms with Crippen LogP contribution >= 0.6 is 0 Å². The molecule has 20 heavy (non-hydrogen) atoms. The molecule has 0 aromatic carbocycles. The van der Waals surface area contributed by atoms with Gasteiger partial charge in [0.1, 0.15) is 0 Å². The summed E-state index contributed by atoms with van der Waals surface area (Å²) in [7, 11) is 0. The van der Waals surface area contributed by atoms with Crippen molar-refractivity contribution >= 4 is 0 Å². The first-order valence-electron chi connectivity index (χ1n) is 8.95. The Morgan fingerprint density at radius 1 is 0.850 bits per heavy atom. The third-order valence-corrected chi connectivity index (χ3v) is 6.84. The lowest BCUT2D eigenvalue weighted by atomic mass is 9.66. The summed E-state index contributed by atoms with van der Waals surface area (Å²) < 4.78 is 0. The molecule has 2 N–H and O–H groups in total. The van der Waals surface area contributed by atoms with Crippen molar-refractivity contribution in [1.82, 2.24) is 4.90 Å². The van der Waals surface area contributed by atoms with Crippen molar-refractivity contribution < 1.29 is 0 Å². The van der Waals surface area contributed by atoms with E-state index in [0.29, 0.717) is 11.0 Å². The molecule has 2 heteroatoms. The zero-order valence-corrected chi connectivity index (χ0v) is 13.7. The van der Waals surface area contributed by atoms with Crippen LogP contribution in [-0.4, -0.2) is 30.1 Å². The summed E-state index contributed by atoms with van der Waals surface area (Å²) in [6.45, 7) is 8.38. The van der Waals surface area contributed by atoms with Crippen LogP contribution in [0.4, 0.5) is 0 Å². The van der Waals surface area contributed by atoms with E-state index < -0.39 is 0 Å².